The van der Waals surface area contributed by atoms with Crippen LogP contribution in [0.3, 0.4) is 0 Å². The molecule has 1 aromatic heterocycles. The number of amides is 1. The summed E-state index contributed by atoms with van der Waals surface area (Å²) in [6.07, 6.45) is 4.68. The van der Waals surface area contributed by atoms with Crippen LogP contribution in [-0.2, 0) is 16.6 Å². The summed E-state index contributed by atoms with van der Waals surface area (Å²) in [6, 6.07) is 2.87. The van der Waals surface area contributed by atoms with Crippen molar-refractivity contribution in [2.45, 2.75) is 25.8 Å². The van der Waals surface area contributed by atoms with Crippen LogP contribution in [0.4, 0.5) is 0 Å². The van der Waals surface area contributed by atoms with Crippen LogP contribution in [0.1, 0.15) is 25.5 Å². The van der Waals surface area contributed by atoms with Crippen LogP contribution in [0.2, 0.25) is 0 Å². The Hall–Kier alpha value is -1.60. The Morgan fingerprint density at radius 2 is 2.29 bits per heavy atom. The Balaban J connectivity index is 2.30. The number of aliphatic carboxylic acids is 1. The lowest BCUT2D eigenvalue weighted by molar-refractivity contribution is -0.145. The van der Waals surface area contributed by atoms with Gasteiger partial charge in [-0.15, -0.1) is 0 Å². The zero-order valence-electron chi connectivity index (χ0n) is 11.8. The Labute approximate surface area is 132 Å². The van der Waals surface area contributed by atoms with Crippen LogP contribution in [0.15, 0.2) is 23.2 Å². The fourth-order valence-electron chi connectivity index (χ4n) is 2.14. The third kappa shape index (κ3) is 3.19. The van der Waals surface area contributed by atoms with E-state index >= 15 is 0 Å². The van der Waals surface area contributed by atoms with Gasteiger partial charge >= 0.3 is 5.97 Å². The van der Waals surface area contributed by atoms with Crippen molar-refractivity contribution in [3.05, 3.63) is 28.9 Å². The zero-order chi connectivity index (χ0) is 15.6. The number of aromatic nitrogens is 1. The van der Waals surface area contributed by atoms with Crippen molar-refractivity contribution in [2.75, 3.05) is 0 Å². The number of carboxylic acids is 1. The molecular formula is C14H16N2O3S2. The largest absolute Gasteiger partial charge is 0.480 e. The maximum absolute atomic E-state index is 12.5. The normalized spacial score (nSPS) is 18.6. The Morgan fingerprint density at radius 1 is 1.57 bits per heavy atom. The number of thioether (sulfide) groups is 1. The number of thiocarbonyl (C=S) groups is 1. The Kier molecular flexibility index (Phi) is 4.84. The van der Waals surface area contributed by atoms with Crippen molar-refractivity contribution in [1.29, 1.82) is 0 Å². The number of carbonyl (C=O) groups excluding carboxylic acids is 1. The van der Waals surface area contributed by atoms with E-state index in [1.807, 2.05) is 36.9 Å². The maximum Gasteiger partial charge on any atom is 0.326 e. The zero-order valence-corrected chi connectivity index (χ0v) is 13.4. The second-order valence-electron chi connectivity index (χ2n) is 4.74. The highest BCUT2D eigenvalue weighted by atomic mass is 32.2. The molecule has 21 heavy (non-hydrogen) atoms. The smallest absolute Gasteiger partial charge is 0.326 e. The lowest BCUT2D eigenvalue weighted by Gasteiger charge is -2.22. The molecule has 0 spiro atoms. The van der Waals surface area contributed by atoms with Crippen molar-refractivity contribution < 1.29 is 14.7 Å². The first-order valence-electron chi connectivity index (χ1n) is 6.57. The molecule has 1 saturated heterocycles. The second kappa shape index (κ2) is 6.44. The summed E-state index contributed by atoms with van der Waals surface area (Å²) in [5.41, 5.74) is 0.873. The molecule has 1 aliphatic heterocycles. The lowest BCUT2D eigenvalue weighted by atomic mass is 10.1. The van der Waals surface area contributed by atoms with Crippen molar-refractivity contribution in [3.63, 3.8) is 0 Å². The lowest BCUT2D eigenvalue weighted by Crippen LogP contribution is -2.43. The van der Waals surface area contributed by atoms with E-state index in [4.69, 9.17) is 12.2 Å². The number of rotatable bonds is 5. The maximum atomic E-state index is 12.5. The summed E-state index contributed by atoms with van der Waals surface area (Å²) in [6.45, 7) is 1.88. The van der Waals surface area contributed by atoms with Gasteiger partial charge in [0.1, 0.15) is 10.4 Å². The summed E-state index contributed by atoms with van der Waals surface area (Å²) >= 11 is 6.34. The highest BCUT2D eigenvalue weighted by Gasteiger charge is 2.39. The predicted molar refractivity (Wildman–Crippen MR) is 86.8 cm³/mol. The molecule has 0 bridgehead atoms. The number of nitrogens with zero attached hydrogens (tertiary/aromatic N) is 2. The molecule has 0 aliphatic carbocycles. The first kappa shape index (κ1) is 15.8. The van der Waals surface area contributed by atoms with Gasteiger partial charge in [-0.3, -0.25) is 9.69 Å². The average molecular weight is 324 g/mol. The molecule has 0 radical (unpaired) electrons. The van der Waals surface area contributed by atoms with E-state index in [0.29, 0.717) is 22.1 Å². The van der Waals surface area contributed by atoms with Gasteiger partial charge < -0.3 is 9.67 Å². The second-order valence-corrected chi connectivity index (χ2v) is 6.41. The van der Waals surface area contributed by atoms with Gasteiger partial charge in [0.05, 0.1) is 4.91 Å². The van der Waals surface area contributed by atoms with E-state index in [1.165, 1.54) is 4.90 Å². The van der Waals surface area contributed by atoms with Crippen molar-refractivity contribution >= 4 is 46.3 Å². The molecule has 1 aromatic rings. The van der Waals surface area contributed by atoms with Crippen LogP contribution >= 0.6 is 24.0 Å². The standard InChI is InChI=1S/C14H16N2O3S2/c1-3-5-10(13(18)19)16-12(17)11(21-14(16)20)8-9-6-4-7-15(9)2/h4,6-8,10H,3,5H2,1-2H3,(H,18,19). The third-order valence-corrected chi connectivity index (χ3v) is 4.58. The number of hydrogen-bond donors (Lipinski definition) is 1. The molecule has 0 aromatic carbocycles. The molecule has 1 atom stereocenters. The fourth-order valence-corrected chi connectivity index (χ4v) is 3.48. The monoisotopic (exact) mass is 324 g/mol. The molecule has 0 saturated carbocycles. The van der Waals surface area contributed by atoms with Gasteiger partial charge in [-0.25, -0.2) is 4.79 Å². The van der Waals surface area contributed by atoms with Gasteiger partial charge in [0.15, 0.2) is 0 Å². The minimum atomic E-state index is -1.02. The topological polar surface area (TPSA) is 62.5 Å². The number of aryl methyl sites for hydroxylation is 1. The Morgan fingerprint density at radius 3 is 2.81 bits per heavy atom. The van der Waals surface area contributed by atoms with Crippen LogP contribution in [0, 0.1) is 0 Å². The molecule has 2 rings (SSSR count). The summed E-state index contributed by atoms with van der Waals surface area (Å²) in [7, 11) is 1.88. The predicted octanol–water partition coefficient (Wildman–Crippen LogP) is 2.48. The molecule has 112 valence electrons. The van der Waals surface area contributed by atoms with E-state index < -0.39 is 12.0 Å². The summed E-state index contributed by atoms with van der Waals surface area (Å²) in [4.78, 5) is 25.5. The first-order chi connectivity index (χ1) is 9.95. The molecule has 1 fully saturated rings. The molecule has 1 amide bonds. The summed E-state index contributed by atoms with van der Waals surface area (Å²) in [5.74, 6) is -1.35. The van der Waals surface area contributed by atoms with Crippen molar-refractivity contribution in [2.24, 2.45) is 7.05 Å². The fraction of sp³-hybridized carbons (Fsp3) is 0.357. The van der Waals surface area contributed by atoms with Crippen LogP contribution in [0.25, 0.3) is 6.08 Å². The van der Waals surface area contributed by atoms with E-state index in [9.17, 15) is 14.7 Å². The van der Waals surface area contributed by atoms with Gasteiger partial charge in [-0.05, 0) is 24.6 Å². The molecular weight excluding hydrogens is 308 g/mol. The molecule has 1 aliphatic rings. The van der Waals surface area contributed by atoms with E-state index in [0.717, 1.165) is 17.5 Å². The van der Waals surface area contributed by atoms with Gasteiger partial charge in [-0.1, -0.05) is 37.3 Å². The van der Waals surface area contributed by atoms with E-state index in [-0.39, 0.29) is 5.91 Å². The molecule has 1 N–H and O–H groups in total. The van der Waals surface area contributed by atoms with Gasteiger partial charge in [-0.2, -0.15) is 0 Å². The Bertz CT molecular complexity index is 621. The van der Waals surface area contributed by atoms with Crippen molar-refractivity contribution in [3.8, 4) is 0 Å². The van der Waals surface area contributed by atoms with Gasteiger partial charge in [0.2, 0.25) is 0 Å². The van der Waals surface area contributed by atoms with Crippen molar-refractivity contribution in [1.82, 2.24) is 9.47 Å². The first-order valence-corrected chi connectivity index (χ1v) is 7.79. The summed E-state index contributed by atoms with van der Waals surface area (Å²) in [5, 5.41) is 9.30. The number of carbonyl (C=O) groups is 2. The van der Waals surface area contributed by atoms with Gasteiger partial charge in [0.25, 0.3) is 5.91 Å². The number of carboxylic acid groups (broad SMARTS) is 1. The molecule has 2 heterocycles. The third-order valence-electron chi connectivity index (χ3n) is 3.25. The quantitative estimate of drug-likeness (QED) is 0.666. The van der Waals surface area contributed by atoms with E-state index in [2.05, 4.69) is 0 Å². The van der Waals surface area contributed by atoms with Crippen LogP contribution in [-0.4, -0.2) is 36.8 Å². The van der Waals surface area contributed by atoms with Gasteiger partial charge in [0, 0.05) is 18.9 Å². The molecule has 5 nitrogen and oxygen atoms in total. The minimum Gasteiger partial charge on any atom is -0.480 e. The van der Waals surface area contributed by atoms with Crippen LogP contribution < -0.4 is 0 Å². The SMILES string of the molecule is CCCC(C(=O)O)N1C(=O)C(=Cc2cccn2C)SC1=S. The molecule has 7 heteroatoms. The van der Waals surface area contributed by atoms with Crippen LogP contribution in [0.5, 0.6) is 0 Å². The minimum absolute atomic E-state index is 0.307. The number of hydrogen-bond acceptors (Lipinski definition) is 4. The summed E-state index contributed by atoms with van der Waals surface area (Å²) < 4.78 is 2.19. The average Bonchev–Trinajstić information content (AvgIpc) is 2.93. The highest BCUT2D eigenvalue weighted by Crippen LogP contribution is 2.34. The highest BCUT2D eigenvalue weighted by molar-refractivity contribution is 8.26. The van der Waals surface area contributed by atoms with E-state index in [1.54, 1.807) is 6.08 Å². The molecule has 1 unspecified atom stereocenters.